The Labute approximate surface area is 387 Å². The van der Waals surface area contributed by atoms with E-state index in [-0.39, 0.29) is 31.1 Å². The van der Waals surface area contributed by atoms with Crippen molar-refractivity contribution in [3.63, 3.8) is 0 Å². The molecule has 6 heteroatoms. The number of carbonyl (C=O) groups excluding carboxylic acids is 3. The second kappa shape index (κ2) is 52.0. The molecule has 1 atom stereocenters. The Bertz CT molecular complexity index is 920. The molecule has 0 amide bonds. The van der Waals surface area contributed by atoms with Gasteiger partial charge in [-0.1, -0.05) is 284 Å². The summed E-state index contributed by atoms with van der Waals surface area (Å²) < 4.78 is 16.9. The van der Waals surface area contributed by atoms with Crippen molar-refractivity contribution in [2.75, 3.05) is 13.2 Å². The van der Waals surface area contributed by atoms with Gasteiger partial charge in [0.15, 0.2) is 6.10 Å². The predicted molar refractivity (Wildman–Crippen MR) is 266 cm³/mol. The predicted octanol–water partition coefficient (Wildman–Crippen LogP) is 18.4. The van der Waals surface area contributed by atoms with Crippen LogP contribution in [-0.2, 0) is 28.6 Å². The molecule has 0 rings (SSSR count). The molecular weight excluding hydrogens is 769 g/mol. The van der Waals surface area contributed by atoms with Crippen LogP contribution in [0.5, 0.6) is 0 Å². The molecule has 0 aliphatic heterocycles. The molecule has 0 aromatic rings. The van der Waals surface area contributed by atoms with Crippen molar-refractivity contribution in [2.24, 2.45) is 0 Å². The SMILES string of the molecule is CCCCCCCCCCCCCCCCCCCC(=O)OC[C@H](COC(=O)CCCCCCCCCCCCCCCCC)OC(=O)CCCCCCCCCCCCCC. The molecule has 0 unspecified atom stereocenters. The minimum atomic E-state index is -0.760. The molecule has 368 valence electrons. The number of unbranched alkanes of at least 4 members (excludes halogenated alkanes) is 41. The van der Waals surface area contributed by atoms with Crippen LogP contribution in [0.3, 0.4) is 0 Å². The maximum Gasteiger partial charge on any atom is 0.306 e. The summed E-state index contributed by atoms with van der Waals surface area (Å²) in [5.74, 6) is -0.835. The zero-order valence-corrected chi connectivity index (χ0v) is 42.2. The van der Waals surface area contributed by atoms with E-state index in [2.05, 4.69) is 20.8 Å². The molecule has 0 fully saturated rings. The molecule has 0 aliphatic carbocycles. The summed E-state index contributed by atoms with van der Waals surface area (Å²) in [5.41, 5.74) is 0. The van der Waals surface area contributed by atoms with E-state index in [0.717, 1.165) is 57.8 Å². The highest BCUT2D eigenvalue weighted by molar-refractivity contribution is 5.71. The summed E-state index contributed by atoms with van der Waals surface area (Å²) in [6, 6.07) is 0. The number of rotatable bonds is 52. The average molecular weight is 877 g/mol. The molecule has 62 heavy (non-hydrogen) atoms. The van der Waals surface area contributed by atoms with Crippen LogP contribution in [-0.4, -0.2) is 37.2 Å². The van der Waals surface area contributed by atoms with Gasteiger partial charge in [-0.2, -0.15) is 0 Å². The lowest BCUT2D eigenvalue weighted by atomic mass is 10.0. The van der Waals surface area contributed by atoms with Gasteiger partial charge in [0.05, 0.1) is 0 Å². The number of carbonyl (C=O) groups is 3. The van der Waals surface area contributed by atoms with E-state index < -0.39 is 6.10 Å². The lowest BCUT2D eigenvalue weighted by molar-refractivity contribution is -0.167. The van der Waals surface area contributed by atoms with Crippen LogP contribution in [0.4, 0.5) is 0 Å². The topological polar surface area (TPSA) is 78.9 Å². The Hall–Kier alpha value is -1.59. The summed E-state index contributed by atoms with van der Waals surface area (Å²) >= 11 is 0. The molecule has 0 aliphatic rings. The highest BCUT2D eigenvalue weighted by Crippen LogP contribution is 2.17. The summed E-state index contributed by atoms with van der Waals surface area (Å²) in [6.45, 7) is 6.70. The third-order valence-electron chi connectivity index (χ3n) is 12.9. The minimum Gasteiger partial charge on any atom is -0.462 e. The molecule has 0 radical (unpaired) electrons. The van der Waals surface area contributed by atoms with Crippen molar-refractivity contribution in [2.45, 2.75) is 329 Å². The Balaban J connectivity index is 4.26. The van der Waals surface area contributed by atoms with E-state index in [9.17, 15) is 14.4 Å². The van der Waals surface area contributed by atoms with Gasteiger partial charge < -0.3 is 14.2 Å². The summed E-state index contributed by atoms with van der Waals surface area (Å²) in [5, 5.41) is 0. The van der Waals surface area contributed by atoms with Crippen molar-refractivity contribution < 1.29 is 28.6 Å². The van der Waals surface area contributed by atoms with Crippen molar-refractivity contribution >= 4 is 17.9 Å². The maximum absolute atomic E-state index is 12.8. The van der Waals surface area contributed by atoms with E-state index in [4.69, 9.17) is 14.2 Å². The van der Waals surface area contributed by atoms with E-state index in [0.29, 0.717) is 19.3 Å². The smallest absolute Gasteiger partial charge is 0.306 e. The van der Waals surface area contributed by atoms with Crippen LogP contribution < -0.4 is 0 Å². The van der Waals surface area contributed by atoms with E-state index in [1.54, 1.807) is 0 Å². The molecule has 0 aromatic heterocycles. The van der Waals surface area contributed by atoms with Gasteiger partial charge in [0.2, 0.25) is 0 Å². The fourth-order valence-corrected chi connectivity index (χ4v) is 8.62. The van der Waals surface area contributed by atoms with Gasteiger partial charge in [-0.05, 0) is 19.3 Å². The molecule has 0 spiro atoms. The molecule has 0 bridgehead atoms. The molecule has 0 heterocycles. The number of esters is 3. The van der Waals surface area contributed by atoms with E-state index in [1.807, 2.05) is 0 Å². The molecule has 0 saturated heterocycles. The normalized spacial score (nSPS) is 11.9. The Morgan fingerprint density at radius 3 is 0.645 bits per heavy atom. The Kier molecular flexibility index (Phi) is 50.7. The van der Waals surface area contributed by atoms with Crippen LogP contribution in [0, 0.1) is 0 Å². The lowest BCUT2D eigenvalue weighted by Gasteiger charge is -2.18. The van der Waals surface area contributed by atoms with Gasteiger partial charge in [-0.25, -0.2) is 0 Å². The molecule has 0 N–H and O–H groups in total. The fraction of sp³-hybridized carbons (Fsp3) is 0.946. The van der Waals surface area contributed by atoms with Crippen LogP contribution in [0.2, 0.25) is 0 Å². The zero-order valence-electron chi connectivity index (χ0n) is 42.2. The summed E-state index contributed by atoms with van der Waals surface area (Å²) in [4.78, 5) is 38.0. The number of ether oxygens (including phenoxy) is 3. The highest BCUT2D eigenvalue weighted by Gasteiger charge is 2.19. The van der Waals surface area contributed by atoms with Crippen LogP contribution in [0.25, 0.3) is 0 Å². The molecule has 0 saturated carbocycles. The minimum absolute atomic E-state index is 0.0613. The second-order valence-corrected chi connectivity index (χ2v) is 19.2. The van der Waals surface area contributed by atoms with Gasteiger partial charge in [0.1, 0.15) is 13.2 Å². The van der Waals surface area contributed by atoms with Gasteiger partial charge >= 0.3 is 17.9 Å². The first-order valence-electron chi connectivity index (χ1n) is 28.0. The molecule has 6 nitrogen and oxygen atoms in total. The van der Waals surface area contributed by atoms with Gasteiger partial charge in [-0.3, -0.25) is 14.4 Å². The first-order chi connectivity index (χ1) is 30.5. The van der Waals surface area contributed by atoms with E-state index in [1.165, 1.54) is 225 Å². The Morgan fingerprint density at radius 2 is 0.435 bits per heavy atom. The third-order valence-corrected chi connectivity index (χ3v) is 12.9. The lowest BCUT2D eigenvalue weighted by Crippen LogP contribution is -2.30. The summed E-state index contributed by atoms with van der Waals surface area (Å²) in [6.07, 6.45) is 56.6. The van der Waals surface area contributed by atoms with Crippen LogP contribution >= 0.6 is 0 Å². The zero-order chi connectivity index (χ0) is 45.1. The summed E-state index contributed by atoms with van der Waals surface area (Å²) in [7, 11) is 0. The first-order valence-corrected chi connectivity index (χ1v) is 28.0. The standard InChI is InChI=1S/C56H108O6/c1-4-7-10-13-16-19-22-25-27-28-30-32-35-37-40-43-46-49-55(58)61-52-53(62-56(59)50-47-44-41-38-33-24-21-18-15-12-9-6-3)51-60-54(57)48-45-42-39-36-34-31-29-26-23-20-17-14-11-8-5-2/h53H,4-52H2,1-3H3/t53-/m0/s1. The van der Waals surface area contributed by atoms with Gasteiger partial charge in [0, 0.05) is 19.3 Å². The van der Waals surface area contributed by atoms with E-state index >= 15 is 0 Å². The van der Waals surface area contributed by atoms with Crippen LogP contribution in [0.15, 0.2) is 0 Å². The Morgan fingerprint density at radius 1 is 0.258 bits per heavy atom. The van der Waals surface area contributed by atoms with Gasteiger partial charge in [0.25, 0.3) is 0 Å². The fourth-order valence-electron chi connectivity index (χ4n) is 8.62. The van der Waals surface area contributed by atoms with Crippen molar-refractivity contribution in [1.29, 1.82) is 0 Å². The third kappa shape index (κ3) is 49.4. The molecular formula is C56H108O6. The highest BCUT2D eigenvalue weighted by atomic mass is 16.6. The quantitative estimate of drug-likeness (QED) is 0.0344. The average Bonchev–Trinajstić information content (AvgIpc) is 3.27. The monoisotopic (exact) mass is 877 g/mol. The van der Waals surface area contributed by atoms with Crippen molar-refractivity contribution in [3.05, 3.63) is 0 Å². The largest absolute Gasteiger partial charge is 0.462 e. The number of hydrogen-bond acceptors (Lipinski definition) is 6. The number of hydrogen-bond donors (Lipinski definition) is 0. The molecule has 0 aromatic carbocycles. The maximum atomic E-state index is 12.8. The van der Waals surface area contributed by atoms with Crippen molar-refractivity contribution in [1.82, 2.24) is 0 Å². The van der Waals surface area contributed by atoms with Gasteiger partial charge in [-0.15, -0.1) is 0 Å². The van der Waals surface area contributed by atoms with Crippen LogP contribution in [0.1, 0.15) is 323 Å². The second-order valence-electron chi connectivity index (χ2n) is 19.2. The first kappa shape index (κ1) is 60.4. The van der Waals surface area contributed by atoms with Crippen molar-refractivity contribution in [3.8, 4) is 0 Å².